The van der Waals surface area contributed by atoms with E-state index in [2.05, 4.69) is 50.0 Å². The largest absolute Gasteiger partial charge is 0.369 e. The maximum absolute atomic E-state index is 6.21. The summed E-state index contributed by atoms with van der Waals surface area (Å²) < 4.78 is 0. The second-order valence-corrected chi connectivity index (χ2v) is 5.98. The quantitative estimate of drug-likeness (QED) is 0.655. The zero-order valence-electron chi connectivity index (χ0n) is 13.4. The van der Waals surface area contributed by atoms with Gasteiger partial charge in [0, 0.05) is 29.8 Å². The van der Waals surface area contributed by atoms with Crippen molar-refractivity contribution in [1.29, 1.82) is 0 Å². The number of hydrogen-bond donors (Lipinski definition) is 1. The Morgan fingerprint density at radius 3 is 2.55 bits per heavy atom. The molecule has 0 fully saturated rings. The highest BCUT2D eigenvalue weighted by molar-refractivity contribution is 6.30. The van der Waals surface area contributed by atoms with Gasteiger partial charge in [0.2, 0.25) is 0 Å². The molecule has 0 spiro atoms. The van der Waals surface area contributed by atoms with Crippen molar-refractivity contribution in [1.82, 2.24) is 5.32 Å². The smallest absolute Gasteiger partial charge is 0.0429 e. The predicted molar refractivity (Wildman–Crippen MR) is 90.8 cm³/mol. The number of nitrogens with zero attached hydrogens (tertiary/aromatic N) is 1. The van der Waals surface area contributed by atoms with Gasteiger partial charge in [0.15, 0.2) is 0 Å². The summed E-state index contributed by atoms with van der Waals surface area (Å²) in [4.78, 5) is 2.48. The molecule has 0 heterocycles. The first kappa shape index (κ1) is 17.3. The van der Waals surface area contributed by atoms with Gasteiger partial charge in [0.1, 0.15) is 0 Å². The average Bonchev–Trinajstić information content (AvgIpc) is 2.42. The van der Waals surface area contributed by atoms with Crippen LogP contribution < -0.4 is 10.2 Å². The third-order valence-electron chi connectivity index (χ3n) is 3.55. The first-order chi connectivity index (χ1) is 9.60. The number of nitrogens with one attached hydrogen (secondary N) is 1. The molecule has 0 bridgehead atoms. The monoisotopic (exact) mass is 296 g/mol. The van der Waals surface area contributed by atoms with E-state index in [1.165, 1.54) is 30.5 Å². The van der Waals surface area contributed by atoms with Crippen molar-refractivity contribution in [3.63, 3.8) is 0 Å². The molecule has 0 unspecified atom stereocenters. The molecular weight excluding hydrogens is 268 g/mol. The van der Waals surface area contributed by atoms with Crippen LogP contribution in [0.25, 0.3) is 0 Å². The van der Waals surface area contributed by atoms with Crippen LogP contribution in [0.2, 0.25) is 5.02 Å². The van der Waals surface area contributed by atoms with Crippen molar-refractivity contribution in [3.8, 4) is 0 Å². The van der Waals surface area contributed by atoms with Crippen molar-refractivity contribution in [2.75, 3.05) is 18.0 Å². The van der Waals surface area contributed by atoms with Gasteiger partial charge in [0.25, 0.3) is 0 Å². The number of hydrogen-bond acceptors (Lipinski definition) is 2. The molecule has 20 heavy (non-hydrogen) atoms. The predicted octanol–water partition coefficient (Wildman–Crippen LogP) is 4.85. The normalized spacial score (nSPS) is 11.1. The summed E-state index contributed by atoms with van der Waals surface area (Å²) in [6, 6.07) is 6.74. The molecule has 1 N–H and O–H groups in total. The fourth-order valence-corrected chi connectivity index (χ4v) is 2.57. The van der Waals surface area contributed by atoms with E-state index < -0.39 is 0 Å². The summed E-state index contributed by atoms with van der Waals surface area (Å²) in [7, 11) is 0. The molecule has 0 saturated heterocycles. The van der Waals surface area contributed by atoms with Gasteiger partial charge in [0.05, 0.1) is 0 Å². The van der Waals surface area contributed by atoms with E-state index in [0.717, 1.165) is 24.7 Å². The van der Waals surface area contributed by atoms with Gasteiger partial charge >= 0.3 is 0 Å². The van der Waals surface area contributed by atoms with Gasteiger partial charge in [-0.25, -0.2) is 0 Å². The van der Waals surface area contributed by atoms with Gasteiger partial charge < -0.3 is 10.2 Å². The third kappa shape index (κ3) is 5.34. The molecule has 3 heteroatoms. The van der Waals surface area contributed by atoms with Crippen LogP contribution in [0.3, 0.4) is 0 Å². The van der Waals surface area contributed by atoms with E-state index in [4.69, 9.17) is 11.6 Å². The highest BCUT2D eigenvalue weighted by Gasteiger charge is 2.14. The van der Waals surface area contributed by atoms with Crippen LogP contribution in [-0.2, 0) is 6.54 Å². The van der Waals surface area contributed by atoms with Crippen LogP contribution in [0.5, 0.6) is 0 Å². The summed E-state index contributed by atoms with van der Waals surface area (Å²) in [6.07, 6.45) is 3.78. The molecule has 0 aliphatic heterocycles. The second kappa shape index (κ2) is 9.25. The van der Waals surface area contributed by atoms with Crippen LogP contribution >= 0.6 is 11.6 Å². The molecule has 0 amide bonds. The van der Waals surface area contributed by atoms with Gasteiger partial charge in [-0.3, -0.25) is 0 Å². The maximum atomic E-state index is 6.21. The summed E-state index contributed by atoms with van der Waals surface area (Å²) in [5.41, 5.74) is 2.62. The molecule has 1 aromatic rings. The minimum Gasteiger partial charge on any atom is -0.369 e. The number of rotatable bonds is 9. The Morgan fingerprint density at radius 1 is 1.20 bits per heavy atom. The topological polar surface area (TPSA) is 15.3 Å². The van der Waals surface area contributed by atoms with Crippen molar-refractivity contribution in [2.24, 2.45) is 0 Å². The highest BCUT2D eigenvalue weighted by Crippen LogP contribution is 2.27. The second-order valence-electron chi connectivity index (χ2n) is 5.55. The molecule has 0 saturated carbocycles. The van der Waals surface area contributed by atoms with E-state index in [0.29, 0.717) is 6.04 Å². The minimum atomic E-state index is 0.491. The van der Waals surface area contributed by atoms with Crippen molar-refractivity contribution in [2.45, 2.75) is 59.5 Å². The van der Waals surface area contributed by atoms with Crippen LogP contribution in [0.1, 0.15) is 52.5 Å². The molecule has 0 aliphatic rings. The summed E-state index contributed by atoms with van der Waals surface area (Å²) in [5, 5.41) is 4.24. The van der Waals surface area contributed by atoms with Gasteiger partial charge in [-0.05, 0) is 44.5 Å². The SMILES string of the molecule is CCCCCN(c1cc(Cl)ccc1CNCC)C(C)C. The van der Waals surface area contributed by atoms with Crippen LogP contribution in [0.15, 0.2) is 18.2 Å². The van der Waals surface area contributed by atoms with E-state index in [9.17, 15) is 0 Å². The fraction of sp³-hybridized carbons (Fsp3) is 0.647. The Bertz CT molecular complexity index is 391. The molecule has 1 rings (SSSR count). The lowest BCUT2D eigenvalue weighted by Gasteiger charge is -2.31. The fourth-order valence-electron chi connectivity index (χ4n) is 2.40. The zero-order chi connectivity index (χ0) is 15.0. The standard InChI is InChI=1S/C17H29ClN2/c1-5-7-8-11-20(14(3)4)17-12-16(18)10-9-15(17)13-19-6-2/h9-10,12,14,19H,5-8,11,13H2,1-4H3. The molecule has 0 atom stereocenters. The van der Waals surface area contributed by atoms with Gasteiger partial charge in [-0.15, -0.1) is 0 Å². The summed E-state index contributed by atoms with van der Waals surface area (Å²) in [5.74, 6) is 0. The lowest BCUT2D eigenvalue weighted by molar-refractivity contribution is 0.620. The van der Waals surface area contributed by atoms with E-state index in [1.807, 2.05) is 6.07 Å². The minimum absolute atomic E-state index is 0.491. The number of anilines is 1. The Hall–Kier alpha value is -0.730. The molecule has 0 radical (unpaired) electrons. The molecule has 0 aliphatic carbocycles. The van der Waals surface area contributed by atoms with E-state index >= 15 is 0 Å². The lowest BCUT2D eigenvalue weighted by Crippen LogP contribution is -2.33. The first-order valence-corrected chi connectivity index (χ1v) is 8.23. The summed E-state index contributed by atoms with van der Waals surface area (Å²) in [6.45, 7) is 11.9. The van der Waals surface area contributed by atoms with Crippen molar-refractivity contribution >= 4 is 17.3 Å². The lowest BCUT2D eigenvalue weighted by atomic mass is 10.1. The van der Waals surface area contributed by atoms with Crippen LogP contribution in [0.4, 0.5) is 5.69 Å². The van der Waals surface area contributed by atoms with Crippen LogP contribution in [0, 0.1) is 0 Å². The molecule has 1 aromatic carbocycles. The number of benzene rings is 1. The average molecular weight is 297 g/mol. The molecule has 0 aromatic heterocycles. The number of unbranched alkanes of at least 4 members (excludes halogenated alkanes) is 2. The van der Waals surface area contributed by atoms with Crippen molar-refractivity contribution in [3.05, 3.63) is 28.8 Å². The van der Waals surface area contributed by atoms with Crippen LogP contribution in [-0.4, -0.2) is 19.1 Å². The van der Waals surface area contributed by atoms with Gasteiger partial charge in [-0.1, -0.05) is 44.4 Å². The highest BCUT2D eigenvalue weighted by atomic mass is 35.5. The Balaban J connectivity index is 2.94. The third-order valence-corrected chi connectivity index (χ3v) is 3.78. The molecule has 114 valence electrons. The Morgan fingerprint density at radius 2 is 1.95 bits per heavy atom. The maximum Gasteiger partial charge on any atom is 0.0429 e. The van der Waals surface area contributed by atoms with E-state index in [1.54, 1.807) is 0 Å². The first-order valence-electron chi connectivity index (χ1n) is 7.85. The number of halogens is 1. The Labute approximate surface area is 129 Å². The molecular formula is C17H29ClN2. The van der Waals surface area contributed by atoms with E-state index in [-0.39, 0.29) is 0 Å². The zero-order valence-corrected chi connectivity index (χ0v) is 14.1. The summed E-state index contributed by atoms with van der Waals surface area (Å²) >= 11 is 6.21. The van der Waals surface area contributed by atoms with Crippen molar-refractivity contribution < 1.29 is 0 Å². The Kier molecular flexibility index (Phi) is 8.01. The van der Waals surface area contributed by atoms with Gasteiger partial charge in [-0.2, -0.15) is 0 Å². The molecule has 2 nitrogen and oxygen atoms in total.